The van der Waals surface area contributed by atoms with E-state index < -0.39 is 7.60 Å². The van der Waals surface area contributed by atoms with Crippen LogP contribution in [0.2, 0.25) is 0 Å². The van der Waals surface area contributed by atoms with Crippen LogP contribution in [0.15, 0.2) is 24.3 Å². The number of hydrogen-bond acceptors (Lipinski definition) is 4. The van der Waals surface area contributed by atoms with Gasteiger partial charge < -0.3 is 9.05 Å². The van der Waals surface area contributed by atoms with Gasteiger partial charge in [0.1, 0.15) is 0 Å². The molecular weight excluding hydrogens is 299 g/mol. The van der Waals surface area contributed by atoms with Gasteiger partial charge in [0.05, 0.1) is 19.4 Å². The summed E-state index contributed by atoms with van der Waals surface area (Å²) in [5, 5.41) is 0. The molecule has 124 valence electrons. The number of carbonyl (C=O) groups is 1. The van der Waals surface area contributed by atoms with Crippen molar-refractivity contribution in [1.29, 1.82) is 0 Å². The van der Waals surface area contributed by atoms with E-state index in [1.54, 1.807) is 13.8 Å². The summed E-state index contributed by atoms with van der Waals surface area (Å²) in [5.41, 5.74) is 1.96. The van der Waals surface area contributed by atoms with Gasteiger partial charge in [0.2, 0.25) is 0 Å². The lowest BCUT2D eigenvalue weighted by atomic mass is 10.0. The lowest BCUT2D eigenvalue weighted by Gasteiger charge is -2.16. The number of carbonyl (C=O) groups excluding carboxylic acids is 1. The second-order valence-electron chi connectivity index (χ2n) is 5.14. The number of aryl methyl sites for hydroxylation is 1. The summed E-state index contributed by atoms with van der Waals surface area (Å²) in [6, 6.07) is 7.75. The van der Waals surface area contributed by atoms with E-state index in [1.807, 2.05) is 24.3 Å². The highest BCUT2D eigenvalue weighted by Gasteiger charge is 2.23. The summed E-state index contributed by atoms with van der Waals surface area (Å²) in [6.45, 7) is 6.41. The Morgan fingerprint density at radius 1 is 1.05 bits per heavy atom. The first-order valence-electron chi connectivity index (χ1n) is 8.05. The Kier molecular flexibility index (Phi) is 8.62. The van der Waals surface area contributed by atoms with E-state index >= 15 is 0 Å². The van der Waals surface area contributed by atoms with Crippen LogP contribution in [0.1, 0.15) is 56.0 Å². The second kappa shape index (κ2) is 9.94. The Bertz CT molecular complexity index is 486. The minimum atomic E-state index is -3.04. The highest BCUT2D eigenvalue weighted by molar-refractivity contribution is 7.53. The van der Waals surface area contributed by atoms with Crippen LogP contribution in [-0.2, 0) is 20.0 Å². The maximum absolute atomic E-state index is 12.3. The van der Waals surface area contributed by atoms with Crippen molar-refractivity contribution in [3.63, 3.8) is 0 Å². The average Bonchev–Trinajstić information content (AvgIpc) is 2.48. The largest absolute Gasteiger partial charge is 0.330 e. The fourth-order valence-electron chi connectivity index (χ4n) is 2.28. The monoisotopic (exact) mass is 326 g/mol. The zero-order chi connectivity index (χ0) is 16.4. The van der Waals surface area contributed by atoms with Crippen molar-refractivity contribution in [3.8, 4) is 0 Å². The van der Waals surface area contributed by atoms with Gasteiger partial charge in [-0.05, 0) is 32.3 Å². The predicted octanol–water partition coefficient (Wildman–Crippen LogP) is 4.87. The number of Topliss-reactive ketones (excluding diaryl/α,β-unsaturated/α-hetero) is 1. The highest BCUT2D eigenvalue weighted by Crippen LogP contribution is 2.48. The molecule has 0 saturated heterocycles. The minimum Gasteiger partial charge on any atom is -0.309 e. The van der Waals surface area contributed by atoms with Gasteiger partial charge in [0, 0.05) is 12.0 Å². The van der Waals surface area contributed by atoms with Crippen molar-refractivity contribution < 1.29 is 18.4 Å². The van der Waals surface area contributed by atoms with Crippen molar-refractivity contribution >= 4 is 13.4 Å². The second-order valence-corrected chi connectivity index (χ2v) is 7.33. The summed E-state index contributed by atoms with van der Waals surface area (Å²) in [4.78, 5) is 12.1. The molecule has 0 aliphatic carbocycles. The van der Waals surface area contributed by atoms with E-state index in [-0.39, 0.29) is 11.9 Å². The maximum atomic E-state index is 12.3. The minimum absolute atomic E-state index is 0.0718. The lowest BCUT2D eigenvalue weighted by Crippen LogP contribution is -2.04. The summed E-state index contributed by atoms with van der Waals surface area (Å²) in [6.07, 6.45) is 3.27. The Morgan fingerprint density at radius 3 is 2.14 bits per heavy atom. The molecule has 0 heterocycles. The Hall–Kier alpha value is -0.960. The first-order chi connectivity index (χ1) is 10.5. The van der Waals surface area contributed by atoms with Crippen LogP contribution >= 0.6 is 7.60 Å². The van der Waals surface area contributed by atoms with Gasteiger partial charge in [0.25, 0.3) is 0 Å². The standard InChI is InChI=1S/C17H27O4P/c1-4-8-15-10-12-16(13-11-15)17(18)9-7-14-22(19,20-5-2)21-6-3/h10-13H,4-9,14H2,1-3H3. The normalized spacial score (nSPS) is 11.6. The molecule has 4 nitrogen and oxygen atoms in total. The van der Waals surface area contributed by atoms with Crippen LogP contribution in [0.3, 0.4) is 0 Å². The fourth-order valence-corrected chi connectivity index (χ4v) is 3.95. The molecule has 0 atom stereocenters. The van der Waals surface area contributed by atoms with E-state index in [9.17, 15) is 9.36 Å². The zero-order valence-electron chi connectivity index (χ0n) is 13.8. The van der Waals surface area contributed by atoms with Gasteiger partial charge >= 0.3 is 7.60 Å². The van der Waals surface area contributed by atoms with Gasteiger partial charge in [-0.2, -0.15) is 0 Å². The smallest absolute Gasteiger partial charge is 0.309 e. The predicted molar refractivity (Wildman–Crippen MR) is 89.7 cm³/mol. The first-order valence-corrected chi connectivity index (χ1v) is 9.77. The van der Waals surface area contributed by atoms with E-state index in [1.165, 1.54) is 5.56 Å². The molecule has 0 amide bonds. The topological polar surface area (TPSA) is 52.6 Å². The van der Waals surface area contributed by atoms with Crippen molar-refractivity contribution in [3.05, 3.63) is 35.4 Å². The van der Waals surface area contributed by atoms with Crippen molar-refractivity contribution in [1.82, 2.24) is 0 Å². The molecular formula is C17H27O4P. The van der Waals surface area contributed by atoms with Crippen LogP contribution < -0.4 is 0 Å². The van der Waals surface area contributed by atoms with Crippen LogP contribution in [0.5, 0.6) is 0 Å². The van der Waals surface area contributed by atoms with Crippen LogP contribution in [0.4, 0.5) is 0 Å². The third-order valence-corrected chi connectivity index (χ3v) is 5.47. The highest BCUT2D eigenvalue weighted by atomic mass is 31.2. The zero-order valence-corrected chi connectivity index (χ0v) is 14.7. The molecule has 0 fully saturated rings. The number of benzene rings is 1. The molecule has 0 unspecified atom stereocenters. The number of hydrogen-bond donors (Lipinski definition) is 0. The third kappa shape index (κ3) is 6.43. The lowest BCUT2D eigenvalue weighted by molar-refractivity contribution is 0.0981. The summed E-state index contributed by atoms with van der Waals surface area (Å²) in [7, 11) is -3.04. The third-order valence-electron chi connectivity index (χ3n) is 3.30. The molecule has 1 aromatic carbocycles. The molecule has 0 bridgehead atoms. The molecule has 22 heavy (non-hydrogen) atoms. The average molecular weight is 326 g/mol. The SMILES string of the molecule is CCCc1ccc(C(=O)CCCP(=O)(OCC)OCC)cc1. The first kappa shape index (κ1) is 19.1. The number of ketones is 1. The Balaban J connectivity index is 2.49. The molecule has 0 radical (unpaired) electrons. The summed E-state index contributed by atoms with van der Waals surface area (Å²) >= 11 is 0. The molecule has 0 N–H and O–H groups in total. The van der Waals surface area contributed by atoms with Gasteiger partial charge in [-0.25, -0.2) is 0 Å². The molecule has 0 saturated carbocycles. The van der Waals surface area contributed by atoms with Gasteiger partial charge in [0.15, 0.2) is 5.78 Å². The molecule has 0 aliphatic heterocycles. The molecule has 0 aromatic heterocycles. The van der Waals surface area contributed by atoms with Gasteiger partial charge in [-0.3, -0.25) is 9.36 Å². The van der Waals surface area contributed by atoms with E-state index in [0.29, 0.717) is 31.6 Å². The van der Waals surface area contributed by atoms with Gasteiger partial charge in [-0.1, -0.05) is 37.6 Å². The van der Waals surface area contributed by atoms with Crippen LogP contribution in [-0.4, -0.2) is 25.2 Å². The van der Waals surface area contributed by atoms with E-state index in [0.717, 1.165) is 12.8 Å². The maximum Gasteiger partial charge on any atom is 0.330 e. The quantitative estimate of drug-likeness (QED) is 0.430. The van der Waals surface area contributed by atoms with Gasteiger partial charge in [-0.15, -0.1) is 0 Å². The Labute approximate surface area is 133 Å². The summed E-state index contributed by atoms with van der Waals surface area (Å²) in [5.74, 6) is 0.0718. The molecule has 1 aromatic rings. The van der Waals surface area contributed by atoms with E-state index in [2.05, 4.69) is 6.92 Å². The van der Waals surface area contributed by atoms with Crippen molar-refractivity contribution in [2.45, 2.75) is 46.5 Å². The van der Waals surface area contributed by atoms with Crippen molar-refractivity contribution in [2.75, 3.05) is 19.4 Å². The van der Waals surface area contributed by atoms with Crippen LogP contribution in [0.25, 0.3) is 0 Å². The Morgan fingerprint density at radius 2 is 1.64 bits per heavy atom. The summed E-state index contributed by atoms with van der Waals surface area (Å²) < 4.78 is 22.7. The molecule has 0 spiro atoms. The van der Waals surface area contributed by atoms with E-state index in [4.69, 9.17) is 9.05 Å². The van der Waals surface area contributed by atoms with Crippen molar-refractivity contribution in [2.24, 2.45) is 0 Å². The molecule has 5 heteroatoms. The molecule has 1 rings (SSSR count). The van der Waals surface area contributed by atoms with Crippen LogP contribution in [0, 0.1) is 0 Å². The number of rotatable bonds is 11. The fraction of sp³-hybridized carbons (Fsp3) is 0.588. The molecule has 0 aliphatic rings.